The molecule has 0 radical (unpaired) electrons. The largest absolute Gasteiger partial charge is 0.482 e. The van der Waals surface area contributed by atoms with Crippen LogP contribution >= 0.6 is 0 Å². The lowest BCUT2D eigenvalue weighted by Crippen LogP contribution is -2.57. The predicted octanol–water partition coefficient (Wildman–Crippen LogP) is 2.22. The van der Waals surface area contributed by atoms with Crippen molar-refractivity contribution in [2.45, 2.75) is 26.5 Å². The summed E-state index contributed by atoms with van der Waals surface area (Å²) in [5, 5.41) is 3.71. The maximum atomic E-state index is 13.6. The highest BCUT2D eigenvalue weighted by molar-refractivity contribution is 5.96. The summed E-state index contributed by atoms with van der Waals surface area (Å²) in [7, 11) is 0. The standard InChI is InChI=1S/C18H19F2N3O4/c1-3-22-6-7-23(11(2)17(22)24)18(25)15-9-13(27-21-15)10-26-16-5-4-12(19)8-14(16)20/h4-5,8-9,11H,3,6-7,10H2,1-2H3/t11-/m0/s1. The van der Waals surface area contributed by atoms with Gasteiger partial charge in [0.2, 0.25) is 5.91 Å². The Labute approximate surface area is 154 Å². The zero-order chi connectivity index (χ0) is 19.6. The Balaban J connectivity index is 1.65. The summed E-state index contributed by atoms with van der Waals surface area (Å²) in [4.78, 5) is 28.0. The number of hydrogen-bond donors (Lipinski definition) is 0. The van der Waals surface area contributed by atoms with E-state index in [0.29, 0.717) is 25.7 Å². The molecule has 0 spiro atoms. The van der Waals surface area contributed by atoms with Crippen molar-refractivity contribution in [3.05, 3.63) is 47.4 Å². The van der Waals surface area contributed by atoms with E-state index in [9.17, 15) is 18.4 Å². The summed E-state index contributed by atoms with van der Waals surface area (Å²) >= 11 is 0. The summed E-state index contributed by atoms with van der Waals surface area (Å²) in [6, 6.07) is 3.73. The number of piperazine rings is 1. The minimum atomic E-state index is -0.841. The monoisotopic (exact) mass is 379 g/mol. The Kier molecular flexibility index (Phi) is 5.38. The van der Waals surface area contributed by atoms with Gasteiger partial charge in [-0.25, -0.2) is 8.78 Å². The van der Waals surface area contributed by atoms with Crippen LogP contribution in [-0.2, 0) is 11.4 Å². The van der Waals surface area contributed by atoms with Gasteiger partial charge in [-0.15, -0.1) is 0 Å². The third kappa shape index (κ3) is 3.91. The normalized spacial score (nSPS) is 17.3. The summed E-state index contributed by atoms with van der Waals surface area (Å²) < 4.78 is 36.7. The zero-order valence-corrected chi connectivity index (χ0v) is 14.9. The number of hydrogen-bond acceptors (Lipinski definition) is 5. The van der Waals surface area contributed by atoms with Crippen LogP contribution in [0.1, 0.15) is 30.1 Å². The van der Waals surface area contributed by atoms with Crippen LogP contribution < -0.4 is 4.74 Å². The number of carbonyl (C=O) groups excluding carboxylic acids is 2. The Morgan fingerprint density at radius 1 is 1.33 bits per heavy atom. The van der Waals surface area contributed by atoms with E-state index in [1.807, 2.05) is 6.92 Å². The van der Waals surface area contributed by atoms with Gasteiger partial charge in [0.15, 0.2) is 23.0 Å². The molecule has 7 nitrogen and oxygen atoms in total. The van der Waals surface area contributed by atoms with E-state index < -0.39 is 23.6 Å². The number of ether oxygens (including phenoxy) is 1. The number of benzene rings is 1. The van der Waals surface area contributed by atoms with Gasteiger partial charge in [0.1, 0.15) is 18.5 Å². The lowest BCUT2D eigenvalue weighted by atomic mass is 10.1. The fraction of sp³-hybridized carbons (Fsp3) is 0.389. The average Bonchev–Trinajstić information content (AvgIpc) is 3.12. The summed E-state index contributed by atoms with van der Waals surface area (Å²) in [5.41, 5.74) is 0.0396. The van der Waals surface area contributed by atoms with Crippen molar-refractivity contribution < 1.29 is 27.6 Å². The second-order valence-corrected chi connectivity index (χ2v) is 6.13. The topological polar surface area (TPSA) is 75.9 Å². The quantitative estimate of drug-likeness (QED) is 0.796. The van der Waals surface area contributed by atoms with Crippen LogP contribution in [0.5, 0.6) is 5.75 Å². The second-order valence-electron chi connectivity index (χ2n) is 6.13. The number of likely N-dealkylation sites (N-methyl/N-ethyl adjacent to an activating group) is 1. The van der Waals surface area contributed by atoms with Crippen molar-refractivity contribution >= 4 is 11.8 Å². The van der Waals surface area contributed by atoms with Gasteiger partial charge in [0.05, 0.1) is 0 Å². The van der Waals surface area contributed by atoms with Crippen LogP contribution in [0.3, 0.4) is 0 Å². The summed E-state index contributed by atoms with van der Waals surface area (Å²) in [6.45, 7) is 4.83. The fourth-order valence-corrected chi connectivity index (χ4v) is 2.89. The van der Waals surface area contributed by atoms with E-state index >= 15 is 0 Å². The molecule has 0 N–H and O–H groups in total. The van der Waals surface area contributed by atoms with E-state index in [4.69, 9.17) is 9.26 Å². The van der Waals surface area contributed by atoms with Crippen LogP contribution in [0.2, 0.25) is 0 Å². The third-order valence-electron chi connectivity index (χ3n) is 4.43. The molecule has 1 saturated heterocycles. The van der Waals surface area contributed by atoms with Gasteiger partial charge in [-0.05, 0) is 26.0 Å². The molecule has 9 heteroatoms. The first-order valence-corrected chi connectivity index (χ1v) is 8.54. The third-order valence-corrected chi connectivity index (χ3v) is 4.43. The zero-order valence-electron chi connectivity index (χ0n) is 14.9. The molecule has 1 atom stereocenters. The molecule has 0 aliphatic carbocycles. The van der Waals surface area contributed by atoms with Gasteiger partial charge in [-0.3, -0.25) is 9.59 Å². The SMILES string of the molecule is CCN1CCN(C(=O)c2cc(COc3ccc(F)cc3F)on2)[C@@H](C)C1=O. The number of nitrogens with zero attached hydrogens (tertiary/aromatic N) is 3. The van der Waals surface area contributed by atoms with Crippen molar-refractivity contribution in [3.8, 4) is 5.75 Å². The van der Waals surface area contributed by atoms with Gasteiger partial charge < -0.3 is 19.1 Å². The molecule has 1 aromatic heterocycles. The number of amides is 2. The highest BCUT2D eigenvalue weighted by Crippen LogP contribution is 2.20. The first-order chi connectivity index (χ1) is 12.9. The van der Waals surface area contributed by atoms with Crippen LogP contribution in [0.4, 0.5) is 8.78 Å². The molecule has 0 saturated carbocycles. The second kappa shape index (κ2) is 7.73. The molecular weight excluding hydrogens is 360 g/mol. The number of carbonyl (C=O) groups is 2. The van der Waals surface area contributed by atoms with E-state index in [2.05, 4.69) is 5.16 Å². The van der Waals surface area contributed by atoms with Gasteiger partial charge in [-0.1, -0.05) is 5.16 Å². The predicted molar refractivity (Wildman–Crippen MR) is 89.9 cm³/mol. The van der Waals surface area contributed by atoms with E-state index in [0.717, 1.165) is 12.1 Å². The fourth-order valence-electron chi connectivity index (χ4n) is 2.89. The van der Waals surface area contributed by atoms with Crippen molar-refractivity contribution in [2.24, 2.45) is 0 Å². The van der Waals surface area contributed by atoms with E-state index in [1.165, 1.54) is 11.0 Å². The molecular formula is C18H19F2N3O4. The smallest absolute Gasteiger partial charge is 0.276 e. The van der Waals surface area contributed by atoms with Crippen molar-refractivity contribution in [2.75, 3.05) is 19.6 Å². The Morgan fingerprint density at radius 3 is 2.81 bits per heavy atom. The van der Waals surface area contributed by atoms with E-state index in [1.54, 1.807) is 11.8 Å². The summed E-state index contributed by atoms with van der Waals surface area (Å²) in [6.07, 6.45) is 0. The van der Waals surface area contributed by atoms with E-state index in [-0.39, 0.29) is 29.7 Å². The lowest BCUT2D eigenvalue weighted by molar-refractivity contribution is -0.139. The van der Waals surface area contributed by atoms with Crippen LogP contribution in [0.25, 0.3) is 0 Å². The molecule has 0 bridgehead atoms. The molecule has 1 aromatic carbocycles. The number of aromatic nitrogens is 1. The minimum Gasteiger partial charge on any atom is -0.482 e. The molecule has 2 heterocycles. The van der Waals surface area contributed by atoms with Gasteiger partial charge in [0.25, 0.3) is 5.91 Å². The Hall–Kier alpha value is -2.97. The average molecular weight is 379 g/mol. The first kappa shape index (κ1) is 18.8. The van der Waals surface area contributed by atoms with Crippen molar-refractivity contribution in [1.82, 2.24) is 15.0 Å². The Morgan fingerprint density at radius 2 is 2.11 bits per heavy atom. The molecule has 2 aromatic rings. The molecule has 3 rings (SSSR count). The van der Waals surface area contributed by atoms with Gasteiger partial charge in [0, 0.05) is 31.8 Å². The van der Waals surface area contributed by atoms with Crippen LogP contribution in [-0.4, -0.2) is 52.4 Å². The highest BCUT2D eigenvalue weighted by atomic mass is 19.1. The summed E-state index contributed by atoms with van der Waals surface area (Å²) in [5.74, 6) is -2.03. The molecule has 144 valence electrons. The first-order valence-electron chi connectivity index (χ1n) is 8.54. The van der Waals surface area contributed by atoms with Crippen LogP contribution in [0.15, 0.2) is 28.8 Å². The lowest BCUT2D eigenvalue weighted by Gasteiger charge is -2.38. The Bertz CT molecular complexity index is 855. The molecule has 1 aliphatic rings. The van der Waals surface area contributed by atoms with Crippen molar-refractivity contribution in [3.63, 3.8) is 0 Å². The molecule has 1 fully saturated rings. The van der Waals surface area contributed by atoms with Gasteiger partial charge in [-0.2, -0.15) is 0 Å². The minimum absolute atomic E-state index is 0.0396. The highest BCUT2D eigenvalue weighted by Gasteiger charge is 2.35. The molecule has 27 heavy (non-hydrogen) atoms. The maximum Gasteiger partial charge on any atom is 0.276 e. The number of rotatable bonds is 5. The van der Waals surface area contributed by atoms with Crippen molar-refractivity contribution in [1.29, 1.82) is 0 Å². The molecule has 2 amide bonds. The molecule has 1 aliphatic heterocycles. The van der Waals surface area contributed by atoms with Gasteiger partial charge >= 0.3 is 0 Å². The maximum absolute atomic E-state index is 13.6. The number of halogens is 2. The molecule has 0 unspecified atom stereocenters. The van der Waals surface area contributed by atoms with Crippen LogP contribution in [0, 0.1) is 11.6 Å².